The van der Waals surface area contributed by atoms with Crippen molar-refractivity contribution in [1.29, 1.82) is 0 Å². The van der Waals surface area contributed by atoms with E-state index < -0.39 is 0 Å². The zero-order valence-electron chi connectivity index (χ0n) is 11.7. The molecule has 3 rings (SSSR count). The lowest BCUT2D eigenvalue weighted by Crippen LogP contribution is -2.45. The quantitative estimate of drug-likeness (QED) is 0.909. The predicted molar refractivity (Wildman–Crippen MR) is 78.5 cm³/mol. The molecule has 1 saturated heterocycles. The summed E-state index contributed by atoms with van der Waals surface area (Å²) in [6, 6.07) is 1.96. The van der Waals surface area contributed by atoms with E-state index in [4.69, 9.17) is 0 Å². The second-order valence-electron chi connectivity index (χ2n) is 5.52. The lowest BCUT2D eigenvalue weighted by molar-refractivity contribution is -0.136. The molecule has 2 aliphatic rings. The minimum atomic E-state index is -0.353. The number of amides is 2. The van der Waals surface area contributed by atoms with Crippen LogP contribution in [0.2, 0.25) is 0 Å². The maximum atomic E-state index is 12.7. The van der Waals surface area contributed by atoms with Crippen LogP contribution in [-0.2, 0) is 16.0 Å². The first-order chi connectivity index (χ1) is 9.70. The highest BCUT2D eigenvalue weighted by Crippen LogP contribution is 2.37. The summed E-state index contributed by atoms with van der Waals surface area (Å²) in [5.41, 5.74) is 1.30. The van der Waals surface area contributed by atoms with Gasteiger partial charge in [-0.25, -0.2) is 0 Å². The molecule has 0 aromatic carbocycles. The number of aryl methyl sites for hydroxylation is 1. The maximum Gasteiger partial charge on any atom is 0.245 e. The van der Waals surface area contributed by atoms with E-state index in [2.05, 4.69) is 16.8 Å². The first kappa shape index (κ1) is 13.6. The van der Waals surface area contributed by atoms with Crippen LogP contribution in [0.4, 0.5) is 0 Å². The molecule has 20 heavy (non-hydrogen) atoms. The Morgan fingerprint density at radius 3 is 3.05 bits per heavy atom. The molecule has 2 atom stereocenters. The summed E-state index contributed by atoms with van der Waals surface area (Å²) in [5.74, 6) is 0.0800. The second-order valence-corrected chi connectivity index (χ2v) is 6.52. The molecule has 4 nitrogen and oxygen atoms in total. The molecule has 2 unspecified atom stereocenters. The summed E-state index contributed by atoms with van der Waals surface area (Å²) < 4.78 is 0. The Bertz CT molecular complexity index is 526. The van der Waals surface area contributed by atoms with Crippen molar-refractivity contribution >= 4 is 23.2 Å². The van der Waals surface area contributed by atoms with E-state index in [0.717, 1.165) is 19.3 Å². The molecular formula is C15H20N2O2S. The fourth-order valence-corrected chi connectivity index (χ4v) is 4.21. The highest BCUT2D eigenvalue weighted by atomic mass is 32.1. The fourth-order valence-electron chi connectivity index (χ4n) is 3.23. The number of nitrogens with one attached hydrogen (secondary N) is 1. The van der Waals surface area contributed by atoms with Crippen LogP contribution < -0.4 is 5.32 Å². The van der Waals surface area contributed by atoms with Gasteiger partial charge in [-0.3, -0.25) is 9.59 Å². The van der Waals surface area contributed by atoms with Gasteiger partial charge in [0.15, 0.2) is 0 Å². The molecule has 1 aliphatic heterocycles. The van der Waals surface area contributed by atoms with Crippen LogP contribution in [-0.4, -0.2) is 29.3 Å². The lowest BCUT2D eigenvalue weighted by atomic mass is 9.92. The Morgan fingerprint density at radius 2 is 2.25 bits per heavy atom. The van der Waals surface area contributed by atoms with Crippen molar-refractivity contribution < 1.29 is 9.59 Å². The number of rotatable bonds is 2. The van der Waals surface area contributed by atoms with E-state index in [9.17, 15) is 9.59 Å². The Labute approximate surface area is 123 Å². The van der Waals surface area contributed by atoms with Gasteiger partial charge in [-0.1, -0.05) is 6.92 Å². The van der Waals surface area contributed by atoms with Crippen LogP contribution in [0.25, 0.3) is 0 Å². The number of hydrogen-bond donors (Lipinski definition) is 1. The third kappa shape index (κ3) is 2.35. The number of fused-ring (bicyclic) bond motifs is 1. The Hall–Kier alpha value is -1.36. The zero-order chi connectivity index (χ0) is 14.1. The molecule has 0 spiro atoms. The number of nitrogens with zero attached hydrogens (tertiary/aromatic N) is 1. The van der Waals surface area contributed by atoms with Crippen molar-refractivity contribution in [2.24, 2.45) is 0 Å². The topological polar surface area (TPSA) is 49.4 Å². The maximum absolute atomic E-state index is 12.7. The van der Waals surface area contributed by atoms with Gasteiger partial charge in [-0.2, -0.15) is 0 Å². The smallest absolute Gasteiger partial charge is 0.245 e. The first-order valence-corrected chi connectivity index (χ1v) is 8.24. The van der Waals surface area contributed by atoms with Crippen molar-refractivity contribution in [2.45, 2.75) is 51.1 Å². The van der Waals surface area contributed by atoms with Gasteiger partial charge in [0.25, 0.3) is 0 Å². The Morgan fingerprint density at radius 1 is 1.40 bits per heavy atom. The molecule has 108 valence electrons. The number of carbonyl (C=O) groups excluding carboxylic acids is 2. The first-order valence-electron chi connectivity index (χ1n) is 7.36. The summed E-state index contributed by atoms with van der Waals surface area (Å²) in [6.45, 7) is 2.49. The van der Waals surface area contributed by atoms with Gasteiger partial charge in [-0.15, -0.1) is 11.3 Å². The third-order valence-corrected chi connectivity index (χ3v) is 5.30. The molecule has 5 heteroatoms. The van der Waals surface area contributed by atoms with Gasteiger partial charge < -0.3 is 10.2 Å². The molecule has 1 aromatic heterocycles. The van der Waals surface area contributed by atoms with Crippen molar-refractivity contribution in [2.75, 3.05) is 6.54 Å². The minimum absolute atomic E-state index is 0.00551. The van der Waals surface area contributed by atoms with Crippen molar-refractivity contribution in [3.63, 3.8) is 0 Å². The van der Waals surface area contributed by atoms with Gasteiger partial charge in [-0.05, 0) is 42.7 Å². The largest absolute Gasteiger partial charge is 0.344 e. The van der Waals surface area contributed by atoms with Crippen molar-refractivity contribution in [3.05, 3.63) is 21.9 Å². The van der Waals surface area contributed by atoms with Crippen LogP contribution in [0.1, 0.15) is 49.1 Å². The van der Waals surface area contributed by atoms with E-state index in [1.54, 1.807) is 11.3 Å². The molecule has 2 heterocycles. The normalized spacial score (nSPS) is 26.9. The molecule has 1 N–H and O–H groups in total. The summed E-state index contributed by atoms with van der Waals surface area (Å²) in [4.78, 5) is 27.8. The van der Waals surface area contributed by atoms with Crippen LogP contribution in [0.3, 0.4) is 0 Å². The Balaban J connectivity index is 1.89. The molecular weight excluding hydrogens is 272 g/mol. The molecule has 0 bridgehead atoms. The number of thiophene rings is 1. The summed E-state index contributed by atoms with van der Waals surface area (Å²) in [7, 11) is 0. The highest BCUT2D eigenvalue weighted by molar-refractivity contribution is 7.10. The molecule has 0 saturated carbocycles. The molecule has 0 radical (unpaired) electrons. The van der Waals surface area contributed by atoms with E-state index in [1.165, 1.54) is 10.4 Å². The second kappa shape index (κ2) is 5.56. The van der Waals surface area contributed by atoms with E-state index in [0.29, 0.717) is 19.4 Å². The van der Waals surface area contributed by atoms with Crippen molar-refractivity contribution in [1.82, 2.24) is 10.2 Å². The predicted octanol–water partition coefficient (Wildman–Crippen LogP) is 2.25. The molecule has 1 aliphatic carbocycles. The molecule has 1 aromatic rings. The molecule has 1 fully saturated rings. The average molecular weight is 292 g/mol. The zero-order valence-corrected chi connectivity index (χ0v) is 12.5. The van der Waals surface area contributed by atoms with Gasteiger partial charge in [0.1, 0.15) is 6.04 Å². The van der Waals surface area contributed by atoms with Crippen LogP contribution in [0.15, 0.2) is 11.4 Å². The minimum Gasteiger partial charge on any atom is -0.344 e. The van der Waals surface area contributed by atoms with E-state index >= 15 is 0 Å². The molecule has 2 amide bonds. The van der Waals surface area contributed by atoms with Crippen LogP contribution >= 0.6 is 11.3 Å². The van der Waals surface area contributed by atoms with Crippen molar-refractivity contribution in [3.8, 4) is 0 Å². The van der Waals surface area contributed by atoms with E-state index in [-0.39, 0.29) is 23.9 Å². The number of hydrogen-bond acceptors (Lipinski definition) is 3. The van der Waals surface area contributed by atoms with Gasteiger partial charge in [0, 0.05) is 17.8 Å². The third-order valence-electron chi connectivity index (χ3n) is 4.30. The van der Waals surface area contributed by atoms with Crippen LogP contribution in [0, 0.1) is 0 Å². The fraction of sp³-hybridized carbons (Fsp3) is 0.600. The summed E-state index contributed by atoms with van der Waals surface area (Å²) >= 11 is 1.79. The van der Waals surface area contributed by atoms with E-state index in [1.807, 2.05) is 11.8 Å². The Kier molecular flexibility index (Phi) is 3.78. The van der Waals surface area contributed by atoms with Gasteiger partial charge in [0.05, 0.1) is 6.04 Å². The lowest BCUT2D eigenvalue weighted by Gasteiger charge is -2.35. The van der Waals surface area contributed by atoms with Gasteiger partial charge in [0.2, 0.25) is 11.8 Å². The average Bonchev–Trinajstić information content (AvgIpc) is 2.88. The highest BCUT2D eigenvalue weighted by Gasteiger charge is 2.35. The SMILES string of the molecule is CCC1NC(=O)CCN(C2CCCc3sccc32)C1=O. The standard InChI is InChI=1S/C15H20N2O2S/c1-2-11-15(19)17(8-6-14(18)16-11)12-4-3-5-13-10(12)7-9-20-13/h7,9,11-12H,2-6,8H2,1H3,(H,16,18). The van der Waals surface area contributed by atoms with Gasteiger partial charge >= 0.3 is 0 Å². The summed E-state index contributed by atoms with van der Waals surface area (Å²) in [6.07, 6.45) is 4.34. The van der Waals surface area contributed by atoms with Crippen LogP contribution in [0.5, 0.6) is 0 Å². The summed E-state index contributed by atoms with van der Waals surface area (Å²) in [5, 5.41) is 4.95. The number of carbonyl (C=O) groups is 2. The monoisotopic (exact) mass is 292 g/mol.